The lowest BCUT2D eigenvalue weighted by Gasteiger charge is -2.16. The van der Waals surface area contributed by atoms with E-state index >= 15 is 0 Å². The van der Waals surface area contributed by atoms with E-state index in [-0.39, 0.29) is 12.0 Å². The highest BCUT2D eigenvalue weighted by atomic mass is 16.5. The molecule has 6 nitrogen and oxygen atoms in total. The quantitative estimate of drug-likeness (QED) is 0.381. The van der Waals surface area contributed by atoms with E-state index in [4.69, 9.17) is 4.52 Å². The van der Waals surface area contributed by atoms with Gasteiger partial charge in [0.05, 0.1) is 5.92 Å². The molecule has 2 N–H and O–H groups in total. The summed E-state index contributed by atoms with van der Waals surface area (Å²) in [7, 11) is 0. The van der Waals surface area contributed by atoms with Crippen LogP contribution >= 0.6 is 0 Å². The summed E-state index contributed by atoms with van der Waals surface area (Å²) in [5, 5.41) is 16.9. The van der Waals surface area contributed by atoms with Gasteiger partial charge in [-0.2, -0.15) is 4.98 Å². The van der Waals surface area contributed by atoms with Gasteiger partial charge in [-0.05, 0) is 73.2 Å². The Morgan fingerprint density at radius 1 is 0.939 bits per heavy atom. The lowest BCUT2D eigenvalue weighted by Crippen LogP contribution is -2.18. The fourth-order valence-corrected chi connectivity index (χ4v) is 4.44. The molecule has 0 bridgehead atoms. The largest absolute Gasteiger partial charge is 0.481 e. The number of rotatable bonds is 6. The molecule has 0 amide bonds. The number of hydrogen-bond acceptors (Lipinski definition) is 5. The minimum Gasteiger partial charge on any atom is -0.481 e. The van der Waals surface area contributed by atoms with Crippen LogP contribution in [0.2, 0.25) is 0 Å². The first-order valence-electron chi connectivity index (χ1n) is 11.2. The van der Waals surface area contributed by atoms with Crippen molar-refractivity contribution in [3.63, 3.8) is 0 Å². The Morgan fingerprint density at radius 2 is 1.73 bits per heavy atom. The van der Waals surface area contributed by atoms with Crippen molar-refractivity contribution < 1.29 is 14.4 Å². The summed E-state index contributed by atoms with van der Waals surface area (Å²) in [6.45, 7) is 2.03. The van der Waals surface area contributed by atoms with E-state index in [1.807, 2.05) is 55.5 Å². The average molecular weight is 440 g/mol. The second-order valence-corrected chi connectivity index (χ2v) is 8.59. The Morgan fingerprint density at radius 3 is 2.48 bits per heavy atom. The van der Waals surface area contributed by atoms with E-state index in [0.29, 0.717) is 18.1 Å². The lowest BCUT2D eigenvalue weighted by molar-refractivity contribution is -0.141. The van der Waals surface area contributed by atoms with Crippen molar-refractivity contribution in [3.05, 3.63) is 78.4 Å². The number of aliphatic carboxylic acids is 1. The molecule has 0 saturated heterocycles. The van der Waals surface area contributed by atoms with Gasteiger partial charge in [-0.25, -0.2) is 0 Å². The van der Waals surface area contributed by atoms with Crippen LogP contribution < -0.4 is 5.32 Å². The lowest BCUT2D eigenvalue weighted by atomic mass is 10.0. The number of aryl methyl sites for hydroxylation is 1. The molecule has 0 aliphatic heterocycles. The first kappa shape index (κ1) is 20.9. The van der Waals surface area contributed by atoms with Crippen LogP contribution in [0.25, 0.3) is 34.0 Å². The van der Waals surface area contributed by atoms with Gasteiger partial charge >= 0.3 is 5.97 Å². The maximum absolute atomic E-state index is 11.2. The summed E-state index contributed by atoms with van der Waals surface area (Å²) in [4.78, 5) is 15.8. The number of aromatic nitrogens is 2. The molecule has 1 aromatic heterocycles. The van der Waals surface area contributed by atoms with Crippen LogP contribution in [0.5, 0.6) is 0 Å². The number of nitrogens with one attached hydrogen (secondary N) is 1. The SMILES string of the molecule is Cc1cc(-c2noc(-c3cccc(-c4ccccc4)c3)n2)ccc1NC1CCC(C(=O)O)C1. The smallest absolute Gasteiger partial charge is 0.306 e. The Hall–Kier alpha value is -3.93. The molecular weight excluding hydrogens is 414 g/mol. The van der Waals surface area contributed by atoms with Crippen LogP contribution in [0.1, 0.15) is 24.8 Å². The highest BCUT2D eigenvalue weighted by Crippen LogP contribution is 2.31. The van der Waals surface area contributed by atoms with E-state index < -0.39 is 5.97 Å². The third kappa shape index (κ3) is 4.51. The fraction of sp³-hybridized carbons (Fsp3) is 0.222. The minimum atomic E-state index is -0.700. The summed E-state index contributed by atoms with van der Waals surface area (Å²) in [5.74, 6) is 0.0682. The molecule has 1 aliphatic rings. The molecule has 5 rings (SSSR count). The summed E-state index contributed by atoms with van der Waals surface area (Å²) in [6, 6.07) is 24.4. The number of carbonyl (C=O) groups is 1. The maximum Gasteiger partial charge on any atom is 0.306 e. The molecule has 1 aliphatic carbocycles. The molecule has 166 valence electrons. The predicted molar refractivity (Wildman–Crippen MR) is 128 cm³/mol. The number of carboxylic acid groups (broad SMARTS) is 1. The van der Waals surface area contributed by atoms with Gasteiger partial charge in [-0.3, -0.25) is 4.79 Å². The van der Waals surface area contributed by atoms with Crippen molar-refractivity contribution in [2.45, 2.75) is 32.2 Å². The molecule has 0 spiro atoms. The third-order valence-corrected chi connectivity index (χ3v) is 6.27. The number of anilines is 1. The van der Waals surface area contributed by atoms with E-state index in [9.17, 15) is 9.90 Å². The first-order valence-corrected chi connectivity index (χ1v) is 11.2. The van der Waals surface area contributed by atoms with Crippen molar-refractivity contribution in [3.8, 4) is 34.0 Å². The molecule has 2 unspecified atom stereocenters. The zero-order valence-electron chi connectivity index (χ0n) is 18.4. The summed E-state index contributed by atoms with van der Waals surface area (Å²) < 4.78 is 5.58. The van der Waals surface area contributed by atoms with E-state index in [2.05, 4.69) is 39.7 Å². The zero-order chi connectivity index (χ0) is 22.8. The van der Waals surface area contributed by atoms with Crippen molar-refractivity contribution in [2.75, 3.05) is 5.32 Å². The minimum absolute atomic E-state index is 0.185. The molecule has 33 heavy (non-hydrogen) atoms. The maximum atomic E-state index is 11.2. The number of hydrogen-bond donors (Lipinski definition) is 2. The van der Waals surface area contributed by atoms with Crippen LogP contribution in [0, 0.1) is 12.8 Å². The van der Waals surface area contributed by atoms with Crippen LogP contribution in [-0.4, -0.2) is 27.3 Å². The van der Waals surface area contributed by atoms with Gasteiger partial charge in [-0.1, -0.05) is 47.6 Å². The van der Waals surface area contributed by atoms with Crippen molar-refractivity contribution in [1.29, 1.82) is 0 Å². The van der Waals surface area contributed by atoms with Gasteiger partial charge in [0.15, 0.2) is 0 Å². The number of nitrogens with zero attached hydrogens (tertiary/aromatic N) is 2. The average Bonchev–Trinajstić information content (AvgIpc) is 3.51. The van der Waals surface area contributed by atoms with Crippen molar-refractivity contribution >= 4 is 11.7 Å². The van der Waals surface area contributed by atoms with E-state index in [0.717, 1.165) is 46.3 Å². The number of benzene rings is 3. The van der Waals surface area contributed by atoms with Crippen molar-refractivity contribution in [2.24, 2.45) is 5.92 Å². The highest BCUT2D eigenvalue weighted by Gasteiger charge is 2.29. The van der Waals surface area contributed by atoms with Crippen LogP contribution in [-0.2, 0) is 4.79 Å². The Balaban J connectivity index is 1.33. The molecule has 3 aromatic carbocycles. The Kier molecular flexibility index (Phi) is 5.65. The fourth-order valence-electron chi connectivity index (χ4n) is 4.44. The first-order chi connectivity index (χ1) is 16.1. The monoisotopic (exact) mass is 439 g/mol. The Labute approximate surface area is 192 Å². The van der Waals surface area contributed by atoms with E-state index in [1.165, 1.54) is 0 Å². The predicted octanol–water partition coefficient (Wildman–Crippen LogP) is 6.04. The number of carboxylic acids is 1. The Bertz CT molecular complexity index is 1280. The topological polar surface area (TPSA) is 88.3 Å². The standard InChI is InChI=1S/C27H25N3O3/c1-17-14-20(11-13-24(17)28-23-12-10-22(16-23)27(31)32)25-29-26(33-30-25)21-9-5-8-19(15-21)18-6-3-2-4-7-18/h2-9,11,13-15,22-23,28H,10,12,16H2,1H3,(H,31,32). The van der Waals surface area contributed by atoms with E-state index in [1.54, 1.807) is 0 Å². The summed E-state index contributed by atoms with van der Waals surface area (Å²) in [6.07, 6.45) is 2.25. The zero-order valence-corrected chi connectivity index (χ0v) is 18.4. The second kappa shape index (κ2) is 8.90. The van der Waals surface area contributed by atoms with Gasteiger partial charge in [0.1, 0.15) is 0 Å². The van der Waals surface area contributed by atoms with Gasteiger partial charge < -0.3 is 14.9 Å². The van der Waals surface area contributed by atoms with Gasteiger partial charge in [0.2, 0.25) is 5.82 Å². The third-order valence-electron chi connectivity index (χ3n) is 6.27. The molecule has 6 heteroatoms. The highest BCUT2D eigenvalue weighted by molar-refractivity contribution is 5.72. The molecule has 1 saturated carbocycles. The summed E-state index contributed by atoms with van der Waals surface area (Å²) in [5.41, 5.74) is 6.05. The molecule has 2 atom stereocenters. The van der Waals surface area contributed by atoms with Gasteiger partial charge in [-0.15, -0.1) is 0 Å². The molecule has 1 fully saturated rings. The normalized spacial score (nSPS) is 17.7. The molecule has 4 aromatic rings. The molecule has 0 radical (unpaired) electrons. The van der Waals surface area contributed by atoms with Crippen LogP contribution in [0.4, 0.5) is 5.69 Å². The second-order valence-electron chi connectivity index (χ2n) is 8.59. The summed E-state index contributed by atoms with van der Waals surface area (Å²) >= 11 is 0. The van der Waals surface area contributed by atoms with Gasteiger partial charge in [0, 0.05) is 22.9 Å². The molecular formula is C27H25N3O3. The van der Waals surface area contributed by atoms with Gasteiger partial charge in [0.25, 0.3) is 5.89 Å². The van der Waals surface area contributed by atoms with Crippen molar-refractivity contribution in [1.82, 2.24) is 10.1 Å². The van der Waals surface area contributed by atoms with Crippen LogP contribution in [0.3, 0.4) is 0 Å². The molecule has 1 heterocycles. The van der Waals surface area contributed by atoms with Crippen LogP contribution in [0.15, 0.2) is 77.3 Å².